The van der Waals surface area contributed by atoms with Crippen LogP contribution in [0.4, 0.5) is 0 Å². The fourth-order valence-electron chi connectivity index (χ4n) is 3.18. The van der Waals surface area contributed by atoms with Crippen molar-refractivity contribution in [2.45, 2.75) is 50.4 Å². The van der Waals surface area contributed by atoms with Gasteiger partial charge >= 0.3 is 0 Å². The lowest BCUT2D eigenvalue weighted by molar-refractivity contribution is 0.0172. The Morgan fingerprint density at radius 2 is 2.19 bits per heavy atom. The van der Waals surface area contributed by atoms with Crippen molar-refractivity contribution in [2.75, 3.05) is 19.8 Å². The zero-order chi connectivity index (χ0) is 14.9. The van der Waals surface area contributed by atoms with Crippen molar-refractivity contribution in [3.8, 4) is 5.75 Å². The Morgan fingerprint density at radius 3 is 2.90 bits per heavy atom. The molecule has 2 atom stereocenters. The first kappa shape index (κ1) is 14.8. The van der Waals surface area contributed by atoms with Crippen LogP contribution in [0.3, 0.4) is 0 Å². The maximum Gasteiger partial charge on any atom is 0.136 e. The normalized spacial score (nSPS) is 28.4. The molecular formula is C17H25NO3. The predicted molar refractivity (Wildman–Crippen MR) is 81.5 cm³/mol. The molecule has 2 aliphatic rings. The zero-order valence-electron chi connectivity index (χ0n) is 12.9. The van der Waals surface area contributed by atoms with Crippen LogP contribution in [0.25, 0.3) is 0 Å². The van der Waals surface area contributed by atoms with Crippen LogP contribution in [0.15, 0.2) is 24.3 Å². The third-order valence-corrected chi connectivity index (χ3v) is 4.39. The molecule has 2 aliphatic heterocycles. The SMILES string of the molecule is CC(C)(O)CCNC1CC2(CCOC2)Oc2ccccc21. The number of aliphatic hydroxyl groups is 1. The monoisotopic (exact) mass is 291 g/mol. The lowest BCUT2D eigenvalue weighted by Gasteiger charge is -2.39. The Bertz CT molecular complexity index is 489. The summed E-state index contributed by atoms with van der Waals surface area (Å²) in [7, 11) is 0. The molecule has 0 amide bonds. The van der Waals surface area contributed by atoms with Crippen LogP contribution >= 0.6 is 0 Å². The smallest absolute Gasteiger partial charge is 0.136 e. The van der Waals surface area contributed by atoms with Gasteiger partial charge in [0.2, 0.25) is 0 Å². The average molecular weight is 291 g/mol. The van der Waals surface area contributed by atoms with Crippen LogP contribution in [-0.2, 0) is 4.74 Å². The van der Waals surface area contributed by atoms with Crippen molar-refractivity contribution < 1.29 is 14.6 Å². The topological polar surface area (TPSA) is 50.7 Å². The van der Waals surface area contributed by atoms with Gasteiger partial charge in [0.15, 0.2) is 0 Å². The highest BCUT2D eigenvalue weighted by atomic mass is 16.6. The molecule has 116 valence electrons. The van der Waals surface area contributed by atoms with Crippen LogP contribution in [0.1, 0.15) is 44.7 Å². The molecule has 0 radical (unpaired) electrons. The van der Waals surface area contributed by atoms with Crippen LogP contribution in [0, 0.1) is 0 Å². The van der Waals surface area contributed by atoms with E-state index in [1.165, 1.54) is 5.56 Å². The first-order valence-corrected chi connectivity index (χ1v) is 7.79. The molecule has 2 N–H and O–H groups in total. The Labute approximate surface area is 126 Å². The van der Waals surface area contributed by atoms with Crippen LogP contribution in [0.2, 0.25) is 0 Å². The van der Waals surface area contributed by atoms with Crippen molar-refractivity contribution in [1.29, 1.82) is 0 Å². The number of hydrogen-bond acceptors (Lipinski definition) is 4. The van der Waals surface area contributed by atoms with Gasteiger partial charge in [-0.15, -0.1) is 0 Å². The van der Waals surface area contributed by atoms with Gasteiger partial charge in [0, 0.05) is 24.4 Å². The third kappa shape index (κ3) is 3.39. The zero-order valence-corrected chi connectivity index (χ0v) is 12.9. The van der Waals surface area contributed by atoms with Crippen molar-refractivity contribution in [2.24, 2.45) is 0 Å². The first-order chi connectivity index (χ1) is 9.98. The standard InChI is InChI=1S/C17H25NO3/c1-16(2,19)7-9-18-14-11-17(8-10-20-12-17)21-15-6-4-3-5-13(14)15/h3-6,14,18-19H,7-12H2,1-2H3. The largest absolute Gasteiger partial charge is 0.484 e. The summed E-state index contributed by atoms with van der Waals surface area (Å²) in [4.78, 5) is 0. The summed E-state index contributed by atoms with van der Waals surface area (Å²) in [6.07, 6.45) is 2.61. The molecule has 0 bridgehead atoms. The van der Waals surface area contributed by atoms with Crippen molar-refractivity contribution in [3.05, 3.63) is 29.8 Å². The highest BCUT2D eigenvalue weighted by Gasteiger charge is 2.43. The van der Waals surface area contributed by atoms with E-state index >= 15 is 0 Å². The first-order valence-electron chi connectivity index (χ1n) is 7.79. The summed E-state index contributed by atoms with van der Waals surface area (Å²) >= 11 is 0. The molecule has 21 heavy (non-hydrogen) atoms. The second-order valence-corrected chi connectivity index (χ2v) is 6.90. The summed E-state index contributed by atoms with van der Waals surface area (Å²) < 4.78 is 11.8. The Kier molecular flexibility index (Phi) is 3.95. The minimum atomic E-state index is -0.633. The molecule has 0 saturated carbocycles. The van der Waals surface area contributed by atoms with Gasteiger partial charge in [-0.2, -0.15) is 0 Å². The summed E-state index contributed by atoms with van der Waals surface area (Å²) in [5, 5.41) is 13.5. The van der Waals surface area contributed by atoms with Crippen molar-refractivity contribution in [1.82, 2.24) is 5.32 Å². The second-order valence-electron chi connectivity index (χ2n) is 6.90. The van der Waals surface area contributed by atoms with Crippen LogP contribution in [-0.4, -0.2) is 36.1 Å². The molecule has 4 heteroatoms. The molecule has 1 aromatic carbocycles. The van der Waals surface area contributed by atoms with Crippen molar-refractivity contribution >= 4 is 0 Å². The van der Waals surface area contributed by atoms with E-state index in [0.29, 0.717) is 6.61 Å². The summed E-state index contributed by atoms with van der Waals surface area (Å²) in [5.74, 6) is 0.968. The Balaban J connectivity index is 1.75. The van der Waals surface area contributed by atoms with E-state index in [9.17, 15) is 5.11 Å². The van der Waals surface area contributed by atoms with Gasteiger partial charge in [0.05, 0.1) is 18.8 Å². The highest BCUT2D eigenvalue weighted by molar-refractivity contribution is 5.39. The van der Waals surface area contributed by atoms with Crippen molar-refractivity contribution in [3.63, 3.8) is 0 Å². The maximum atomic E-state index is 9.86. The number of fused-ring (bicyclic) bond motifs is 1. The minimum Gasteiger partial charge on any atom is -0.484 e. The lowest BCUT2D eigenvalue weighted by Crippen LogP contribution is -2.45. The van der Waals surface area contributed by atoms with Gasteiger partial charge in [-0.25, -0.2) is 0 Å². The molecule has 1 spiro atoms. The molecule has 3 rings (SSSR count). The number of nitrogens with one attached hydrogen (secondary N) is 1. The van der Waals surface area contributed by atoms with Gasteiger partial charge in [0.25, 0.3) is 0 Å². The number of para-hydroxylation sites is 1. The van der Waals surface area contributed by atoms with E-state index in [0.717, 1.165) is 38.2 Å². The Hall–Kier alpha value is -1.10. The molecule has 2 unspecified atom stereocenters. The average Bonchev–Trinajstić information content (AvgIpc) is 2.85. The molecule has 1 aromatic rings. The molecule has 2 heterocycles. The number of benzene rings is 1. The second kappa shape index (κ2) is 5.59. The summed E-state index contributed by atoms with van der Waals surface area (Å²) in [5.41, 5.74) is 0.401. The van der Waals surface area contributed by atoms with Gasteiger partial charge in [-0.1, -0.05) is 18.2 Å². The fourth-order valence-corrected chi connectivity index (χ4v) is 3.18. The number of ether oxygens (including phenoxy) is 2. The molecule has 1 fully saturated rings. The quantitative estimate of drug-likeness (QED) is 0.894. The van der Waals surface area contributed by atoms with E-state index in [1.807, 2.05) is 26.0 Å². The molecule has 4 nitrogen and oxygen atoms in total. The molecule has 0 aliphatic carbocycles. The summed E-state index contributed by atoms with van der Waals surface area (Å²) in [6.45, 7) is 5.93. The lowest BCUT2D eigenvalue weighted by atomic mass is 9.86. The van der Waals surface area contributed by atoms with E-state index in [-0.39, 0.29) is 11.6 Å². The molecule has 1 saturated heterocycles. The Morgan fingerprint density at radius 1 is 1.38 bits per heavy atom. The van der Waals surface area contributed by atoms with Gasteiger partial charge < -0.3 is 19.9 Å². The fraction of sp³-hybridized carbons (Fsp3) is 0.647. The number of rotatable bonds is 4. The van der Waals surface area contributed by atoms with E-state index in [4.69, 9.17) is 9.47 Å². The van der Waals surface area contributed by atoms with E-state index in [1.54, 1.807) is 0 Å². The van der Waals surface area contributed by atoms with Crippen LogP contribution in [0.5, 0.6) is 5.75 Å². The van der Waals surface area contributed by atoms with Crippen LogP contribution < -0.4 is 10.1 Å². The maximum absolute atomic E-state index is 9.86. The molecular weight excluding hydrogens is 266 g/mol. The highest BCUT2D eigenvalue weighted by Crippen LogP contribution is 2.43. The van der Waals surface area contributed by atoms with E-state index in [2.05, 4.69) is 17.4 Å². The van der Waals surface area contributed by atoms with Gasteiger partial charge in [-0.3, -0.25) is 0 Å². The van der Waals surface area contributed by atoms with Gasteiger partial charge in [0.1, 0.15) is 11.4 Å². The minimum absolute atomic E-state index is 0.180. The molecule has 0 aromatic heterocycles. The summed E-state index contributed by atoms with van der Waals surface area (Å²) in [6, 6.07) is 8.50. The van der Waals surface area contributed by atoms with E-state index < -0.39 is 5.60 Å². The van der Waals surface area contributed by atoms with Gasteiger partial charge in [-0.05, 0) is 32.9 Å². The third-order valence-electron chi connectivity index (χ3n) is 4.39. The number of hydrogen-bond donors (Lipinski definition) is 2. The predicted octanol–water partition coefficient (Wildman–Crippen LogP) is 2.42.